The molecule has 2 aromatic rings. The zero-order valence-corrected chi connectivity index (χ0v) is 14.9. The Hall–Kier alpha value is -2.45. The number of morpholine rings is 1. The topological polar surface area (TPSA) is 85.6 Å². The smallest absolute Gasteiger partial charge is 0.331 e. The summed E-state index contributed by atoms with van der Waals surface area (Å²) in [6.45, 7) is 6.32. The van der Waals surface area contributed by atoms with E-state index in [0.29, 0.717) is 30.7 Å². The molecule has 1 saturated heterocycles. The van der Waals surface area contributed by atoms with Crippen LogP contribution in [0, 0.1) is 0 Å². The number of amides is 1. The van der Waals surface area contributed by atoms with Gasteiger partial charge in [-0.05, 0) is 19.1 Å². The van der Waals surface area contributed by atoms with Crippen molar-refractivity contribution in [2.45, 2.75) is 20.0 Å². The van der Waals surface area contributed by atoms with Crippen LogP contribution in [0.5, 0.6) is 0 Å². The van der Waals surface area contributed by atoms with Crippen LogP contribution in [0.2, 0.25) is 0 Å². The summed E-state index contributed by atoms with van der Waals surface area (Å²) in [5.41, 5.74) is -0.299. The van der Waals surface area contributed by atoms with Gasteiger partial charge in [0.15, 0.2) is 0 Å². The fraction of sp³-hybridized carbons (Fsp3) is 0.500. The fourth-order valence-electron chi connectivity index (χ4n) is 3.18. The van der Waals surface area contributed by atoms with Gasteiger partial charge in [0, 0.05) is 32.7 Å². The maximum atomic E-state index is 12.6. The first kappa shape index (κ1) is 18.3. The van der Waals surface area contributed by atoms with Crippen molar-refractivity contribution < 1.29 is 9.53 Å². The molecule has 3 rings (SSSR count). The second kappa shape index (κ2) is 8.29. The highest BCUT2D eigenvalue weighted by molar-refractivity contribution is 5.81. The molecule has 1 N–H and O–H groups in total. The van der Waals surface area contributed by atoms with E-state index in [1.807, 2.05) is 0 Å². The molecule has 26 heavy (non-hydrogen) atoms. The molecule has 0 radical (unpaired) electrons. The van der Waals surface area contributed by atoms with Gasteiger partial charge in [-0.1, -0.05) is 12.1 Å². The van der Waals surface area contributed by atoms with E-state index >= 15 is 0 Å². The Labute approximate surface area is 151 Å². The van der Waals surface area contributed by atoms with Crippen LogP contribution >= 0.6 is 0 Å². The summed E-state index contributed by atoms with van der Waals surface area (Å²) in [5.74, 6) is -0.244. The highest BCUT2D eigenvalue weighted by Crippen LogP contribution is 2.07. The molecule has 0 saturated carbocycles. The molecule has 2 heterocycles. The lowest BCUT2D eigenvalue weighted by Gasteiger charge is -2.26. The number of para-hydroxylation sites is 1. The zero-order chi connectivity index (χ0) is 18.5. The van der Waals surface area contributed by atoms with Crippen molar-refractivity contribution >= 4 is 16.8 Å². The average molecular weight is 360 g/mol. The molecule has 8 heteroatoms. The van der Waals surface area contributed by atoms with Gasteiger partial charge in [-0.25, -0.2) is 4.79 Å². The molecule has 1 aromatic carbocycles. The average Bonchev–Trinajstić information content (AvgIpc) is 2.66. The number of hydrogen-bond donors (Lipinski definition) is 1. The molecule has 140 valence electrons. The third-order valence-electron chi connectivity index (χ3n) is 4.60. The lowest BCUT2D eigenvalue weighted by atomic mass is 10.2. The number of aromatic nitrogens is 2. The molecule has 0 unspecified atom stereocenters. The molecule has 1 aromatic heterocycles. The summed E-state index contributed by atoms with van der Waals surface area (Å²) in [7, 11) is 0. The number of fused-ring (bicyclic) bond motifs is 1. The van der Waals surface area contributed by atoms with Crippen LogP contribution in [0.1, 0.15) is 6.92 Å². The van der Waals surface area contributed by atoms with Crippen LogP contribution in [0.4, 0.5) is 0 Å². The van der Waals surface area contributed by atoms with E-state index in [0.717, 1.165) is 24.2 Å². The number of carbonyl (C=O) groups excluding carboxylic acids is 1. The molecule has 1 aliphatic rings. The van der Waals surface area contributed by atoms with Crippen LogP contribution in [-0.4, -0.2) is 59.3 Å². The molecule has 0 bridgehead atoms. The second-order valence-electron chi connectivity index (χ2n) is 6.24. The highest BCUT2D eigenvalue weighted by atomic mass is 16.5. The SMILES string of the molecule is CCn1c(=O)c2ccccc2n(CC(=O)NCCN2CCOCC2)c1=O. The number of ether oxygens (including phenoxy) is 1. The van der Waals surface area contributed by atoms with Crippen LogP contribution in [0.25, 0.3) is 10.9 Å². The molecular weight excluding hydrogens is 336 g/mol. The van der Waals surface area contributed by atoms with Gasteiger partial charge in [0.1, 0.15) is 6.54 Å². The van der Waals surface area contributed by atoms with Crippen molar-refractivity contribution in [1.29, 1.82) is 0 Å². The van der Waals surface area contributed by atoms with Crippen LogP contribution in [0.3, 0.4) is 0 Å². The first-order valence-corrected chi connectivity index (χ1v) is 8.91. The van der Waals surface area contributed by atoms with Gasteiger partial charge >= 0.3 is 5.69 Å². The fourth-order valence-corrected chi connectivity index (χ4v) is 3.18. The Morgan fingerprint density at radius 1 is 1.15 bits per heavy atom. The maximum absolute atomic E-state index is 12.6. The minimum atomic E-state index is -0.459. The number of carbonyl (C=O) groups is 1. The van der Waals surface area contributed by atoms with Crippen LogP contribution in [-0.2, 0) is 22.6 Å². The van der Waals surface area contributed by atoms with Crippen LogP contribution < -0.4 is 16.6 Å². The Morgan fingerprint density at radius 3 is 2.62 bits per heavy atom. The largest absolute Gasteiger partial charge is 0.379 e. The molecule has 0 spiro atoms. The standard InChI is InChI=1S/C18H24N4O4/c1-2-21-17(24)14-5-3-4-6-15(14)22(18(21)25)13-16(23)19-7-8-20-9-11-26-12-10-20/h3-6H,2,7-13H2,1H3,(H,19,23). The summed E-state index contributed by atoms with van der Waals surface area (Å²) >= 11 is 0. The van der Waals surface area contributed by atoms with E-state index in [2.05, 4.69) is 10.2 Å². The van der Waals surface area contributed by atoms with Crippen molar-refractivity contribution in [2.75, 3.05) is 39.4 Å². The van der Waals surface area contributed by atoms with E-state index in [1.54, 1.807) is 31.2 Å². The van der Waals surface area contributed by atoms with Gasteiger partial charge in [0.2, 0.25) is 5.91 Å². The minimum absolute atomic E-state index is 0.108. The number of hydrogen-bond acceptors (Lipinski definition) is 5. The molecule has 8 nitrogen and oxygen atoms in total. The summed E-state index contributed by atoms with van der Waals surface area (Å²) in [6, 6.07) is 6.88. The number of nitrogens with one attached hydrogen (secondary N) is 1. The van der Waals surface area contributed by atoms with E-state index in [-0.39, 0.29) is 24.6 Å². The predicted octanol–water partition coefficient (Wildman–Crippen LogP) is -0.368. The lowest BCUT2D eigenvalue weighted by molar-refractivity contribution is -0.121. The van der Waals surface area contributed by atoms with Crippen molar-refractivity contribution in [3.05, 3.63) is 45.1 Å². The Bertz CT molecular complexity index is 896. The van der Waals surface area contributed by atoms with Crippen LogP contribution in [0.15, 0.2) is 33.9 Å². The van der Waals surface area contributed by atoms with E-state index in [4.69, 9.17) is 4.74 Å². The van der Waals surface area contributed by atoms with Gasteiger partial charge in [0.05, 0.1) is 24.1 Å². The second-order valence-corrected chi connectivity index (χ2v) is 6.24. The Kier molecular flexibility index (Phi) is 5.85. The minimum Gasteiger partial charge on any atom is -0.379 e. The Morgan fingerprint density at radius 2 is 1.88 bits per heavy atom. The van der Waals surface area contributed by atoms with Crippen molar-refractivity contribution in [3.63, 3.8) is 0 Å². The van der Waals surface area contributed by atoms with Gasteiger partial charge < -0.3 is 10.1 Å². The van der Waals surface area contributed by atoms with E-state index in [1.165, 1.54) is 4.57 Å². The van der Waals surface area contributed by atoms with Gasteiger partial charge in [-0.15, -0.1) is 0 Å². The Balaban J connectivity index is 1.74. The number of benzene rings is 1. The molecule has 0 aliphatic carbocycles. The summed E-state index contributed by atoms with van der Waals surface area (Å²) < 4.78 is 7.82. The third-order valence-corrected chi connectivity index (χ3v) is 4.60. The summed E-state index contributed by atoms with van der Waals surface area (Å²) in [4.78, 5) is 39.6. The first-order chi connectivity index (χ1) is 12.6. The van der Waals surface area contributed by atoms with Crippen molar-refractivity contribution in [2.24, 2.45) is 0 Å². The molecular formula is C18H24N4O4. The number of rotatable bonds is 6. The van der Waals surface area contributed by atoms with Gasteiger partial charge in [0.25, 0.3) is 5.56 Å². The predicted molar refractivity (Wildman–Crippen MR) is 98.4 cm³/mol. The van der Waals surface area contributed by atoms with Crippen molar-refractivity contribution in [1.82, 2.24) is 19.4 Å². The highest BCUT2D eigenvalue weighted by Gasteiger charge is 2.15. The number of nitrogens with zero attached hydrogens (tertiary/aromatic N) is 3. The lowest BCUT2D eigenvalue weighted by Crippen LogP contribution is -2.44. The van der Waals surface area contributed by atoms with E-state index in [9.17, 15) is 14.4 Å². The molecule has 0 atom stereocenters. The third kappa shape index (κ3) is 3.86. The van der Waals surface area contributed by atoms with Crippen molar-refractivity contribution in [3.8, 4) is 0 Å². The van der Waals surface area contributed by atoms with Gasteiger partial charge in [-0.3, -0.25) is 23.6 Å². The monoisotopic (exact) mass is 360 g/mol. The summed E-state index contributed by atoms with van der Waals surface area (Å²) in [6.07, 6.45) is 0. The van der Waals surface area contributed by atoms with E-state index < -0.39 is 5.69 Å². The molecule has 1 amide bonds. The normalized spacial score (nSPS) is 15.3. The summed E-state index contributed by atoms with van der Waals surface area (Å²) in [5, 5.41) is 3.29. The molecule has 1 aliphatic heterocycles. The molecule has 1 fully saturated rings. The zero-order valence-electron chi connectivity index (χ0n) is 14.9. The van der Waals surface area contributed by atoms with Gasteiger partial charge in [-0.2, -0.15) is 0 Å². The quantitative estimate of drug-likeness (QED) is 0.760. The maximum Gasteiger partial charge on any atom is 0.331 e. The first-order valence-electron chi connectivity index (χ1n) is 8.91.